The fourth-order valence-corrected chi connectivity index (χ4v) is 3.59. The predicted octanol–water partition coefficient (Wildman–Crippen LogP) is 4.63. The van der Waals surface area contributed by atoms with Gasteiger partial charge in [0.25, 0.3) is 5.56 Å². The van der Waals surface area contributed by atoms with Gasteiger partial charge in [-0.25, -0.2) is 4.98 Å². The van der Waals surface area contributed by atoms with E-state index in [2.05, 4.69) is 4.98 Å². The zero-order chi connectivity index (χ0) is 17.8. The van der Waals surface area contributed by atoms with Gasteiger partial charge >= 0.3 is 0 Å². The highest BCUT2D eigenvalue weighted by molar-refractivity contribution is 7.99. The summed E-state index contributed by atoms with van der Waals surface area (Å²) in [6, 6.07) is 14.8. The smallest absolute Gasteiger partial charge is 0.266 e. The lowest BCUT2D eigenvalue weighted by Crippen LogP contribution is -2.22. The summed E-state index contributed by atoms with van der Waals surface area (Å²) >= 11 is 7.37. The van der Waals surface area contributed by atoms with E-state index in [-0.39, 0.29) is 5.56 Å². The molecule has 0 spiro atoms. The molecule has 0 amide bonds. The highest BCUT2D eigenvalue weighted by Gasteiger charge is 2.15. The maximum Gasteiger partial charge on any atom is 0.266 e. The fourth-order valence-electron chi connectivity index (χ4n) is 2.47. The minimum Gasteiger partial charge on any atom is -0.495 e. The van der Waals surface area contributed by atoms with Gasteiger partial charge in [0, 0.05) is 10.8 Å². The fraction of sp³-hybridized carbons (Fsp3) is 0.158. The Kier molecular flexibility index (Phi) is 5.46. The van der Waals surface area contributed by atoms with E-state index in [0.29, 0.717) is 38.3 Å². The number of aromatic nitrogens is 2. The number of ether oxygens (including phenoxy) is 1. The molecule has 0 N–H and O–H groups in total. The number of halogens is 1. The first-order chi connectivity index (χ1) is 12.1. The van der Waals surface area contributed by atoms with Crippen molar-refractivity contribution in [3.05, 3.63) is 70.0 Å². The van der Waals surface area contributed by atoms with Gasteiger partial charge in [-0.1, -0.05) is 53.7 Å². The van der Waals surface area contributed by atoms with Crippen molar-refractivity contribution in [1.82, 2.24) is 9.55 Å². The number of nitrogens with zero attached hydrogens (tertiary/aromatic N) is 2. The Morgan fingerprint density at radius 2 is 1.96 bits per heavy atom. The van der Waals surface area contributed by atoms with Gasteiger partial charge in [0.1, 0.15) is 5.75 Å². The van der Waals surface area contributed by atoms with Crippen LogP contribution in [0.5, 0.6) is 5.75 Å². The van der Waals surface area contributed by atoms with Crippen LogP contribution in [0, 0.1) is 0 Å². The summed E-state index contributed by atoms with van der Waals surface area (Å²) in [5, 5.41) is 1.88. The molecule has 2 aromatic carbocycles. The zero-order valence-electron chi connectivity index (χ0n) is 13.9. The molecule has 0 aliphatic heterocycles. The van der Waals surface area contributed by atoms with Crippen LogP contribution in [0.25, 0.3) is 16.6 Å². The van der Waals surface area contributed by atoms with Gasteiger partial charge in [-0.15, -0.1) is 0 Å². The standard InChI is InChI=1S/C19H17ClN2O2S/c1-13(20)11-12-25-19-21-15-8-4-3-7-14(15)18(23)22(19)16-9-5-6-10-17(16)24-2/h3-11H,12H2,1-2H3/b13-11-. The van der Waals surface area contributed by atoms with Crippen molar-refractivity contribution in [2.45, 2.75) is 12.1 Å². The molecule has 25 heavy (non-hydrogen) atoms. The monoisotopic (exact) mass is 372 g/mol. The normalized spacial score (nSPS) is 11.7. The molecule has 0 unspecified atom stereocenters. The number of para-hydroxylation sites is 3. The Hall–Kier alpha value is -2.24. The van der Waals surface area contributed by atoms with E-state index in [0.717, 1.165) is 0 Å². The topological polar surface area (TPSA) is 44.1 Å². The molecule has 0 aliphatic carbocycles. The first kappa shape index (κ1) is 17.6. The van der Waals surface area contributed by atoms with Crippen LogP contribution in [0.3, 0.4) is 0 Å². The maximum absolute atomic E-state index is 13.1. The van der Waals surface area contributed by atoms with Gasteiger partial charge in [-0.2, -0.15) is 0 Å². The van der Waals surface area contributed by atoms with Crippen LogP contribution in [-0.4, -0.2) is 22.4 Å². The van der Waals surface area contributed by atoms with Crippen molar-refractivity contribution in [2.24, 2.45) is 0 Å². The third kappa shape index (κ3) is 3.72. The summed E-state index contributed by atoms with van der Waals surface area (Å²) in [5.41, 5.74) is 1.22. The van der Waals surface area contributed by atoms with E-state index < -0.39 is 0 Å². The summed E-state index contributed by atoms with van der Waals surface area (Å²) in [6.45, 7) is 1.82. The molecular formula is C19H17ClN2O2S. The van der Waals surface area contributed by atoms with Crippen molar-refractivity contribution in [2.75, 3.05) is 12.9 Å². The molecular weight excluding hydrogens is 356 g/mol. The Labute approximate surface area is 155 Å². The van der Waals surface area contributed by atoms with Gasteiger partial charge in [0.05, 0.1) is 23.7 Å². The summed E-state index contributed by atoms with van der Waals surface area (Å²) in [7, 11) is 1.59. The van der Waals surface area contributed by atoms with E-state index in [9.17, 15) is 4.79 Å². The molecule has 0 fully saturated rings. The lowest BCUT2D eigenvalue weighted by atomic mass is 10.2. The van der Waals surface area contributed by atoms with E-state index in [1.807, 2.05) is 55.5 Å². The number of fused-ring (bicyclic) bond motifs is 1. The predicted molar refractivity (Wildman–Crippen MR) is 104 cm³/mol. The third-order valence-corrected chi connectivity index (χ3v) is 4.67. The van der Waals surface area contributed by atoms with Crippen LogP contribution in [0.4, 0.5) is 0 Å². The summed E-state index contributed by atoms with van der Waals surface area (Å²) in [5.74, 6) is 1.24. The third-order valence-electron chi connectivity index (χ3n) is 3.65. The molecule has 0 aliphatic rings. The van der Waals surface area contributed by atoms with Crippen molar-refractivity contribution in [3.63, 3.8) is 0 Å². The van der Waals surface area contributed by atoms with Crippen molar-refractivity contribution in [1.29, 1.82) is 0 Å². The molecule has 0 saturated carbocycles. The molecule has 3 rings (SSSR count). The Morgan fingerprint density at radius 1 is 1.24 bits per heavy atom. The van der Waals surface area contributed by atoms with Crippen molar-refractivity contribution in [3.8, 4) is 11.4 Å². The van der Waals surface area contributed by atoms with Crippen LogP contribution in [0.2, 0.25) is 0 Å². The molecule has 6 heteroatoms. The van der Waals surface area contributed by atoms with Crippen LogP contribution >= 0.6 is 23.4 Å². The summed E-state index contributed by atoms with van der Waals surface area (Å²) in [6.07, 6.45) is 1.89. The van der Waals surface area contributed by atoms with Gasteiger partial charge in [0.2, 0.25) is 0 Å². The Morgan fingerprint density at radius 3 is 2.72 bits per heavy atom. The largest absolute Gasteiger partial charge is 0.495 e. The van der Waals surface area contributed by atoms with Crippen LogP contribution in [0.15, 0.2) is 69.6 Å². The minimum absolute atomic E-state index is 0.121. The highest BCUT2D eigenvalue weighted by Crippen LogP contribution is 2.27. The van der Waals surface area contributed by atoms with Crippen molar-refractivity contribution >= 4 is 34.3 Å². The number of hydrogen-bond acceptors (Lipinski definition) is 4. The van der Waals surface area contributed by atoms with Gasteiger partial charge in [-0.3, -0.25) is 9.36 Å². The van der Waals surface area contributed by atoms with Crippen LogP contribution in [-0.2, 0) is 0 Å². The average Bonchev–Trinajstić information content (AvgIpc) is 2.62. The number of methoxy groups -OCH3 is 1. The first-order valence-electron chi connectivity index (χ1n) is 7.72. The lowest BCUT2D eigenvalue weighted by molar-refractivity contribution is 0.411. The van der Waals surface area contributed by atoms with E-state index in [4.69, 9.17) is 16.3 Å². The van der Waals surface area contributed by atoms with E-state index in [1.165, 1.54) is 11.8 Å². The first-order valence-corrected chi connectivity index (χ1v) is 9.08. The molecule has 1 heterocycles. The molecule has 0 saturated heterocycles. The molecule has 3 aromatic rings. The van der Waals surface area contributed by atoms with Crippen LogP contribution in [0.1, 0.15) is 6.92 Å². The summed E-state index contributed by atoms with van der Waals surface area (Å²) < 4.78 is 7.04. The number of allylic oxidation sites excluding steroid dienone is 1. The second kappa shape index (κ2) is 7.76. The van der Waals surface area contributed by atoms with E-state index >= 15 is 0 Å². The number of benzene rings is 2. The second-order valence-corrected chi connectivity index (χ2v) is 6.91. The molecule has 0 radical (unpaired) electrons. The molecule has 1 aromatic heterocycles. The number of thioether (sulfide) groups is 1. The van der Waals surface area contributed by atoms with E-state index in [1.54, 1.807) is 17.7 Å². The number of hydrogen-bond donors (Lipinski definition) is 0. The van der Waals surface area contributed by atoms with Gasteiger partial charge in [0.15, 0.2) is 5.16 Å². The molecule has 4 nitrogen and oxygen atoms in total. The average molecular weight is 373 g/mol. The quantitative estimate of drug-likeness (QED) is 0.484. The lowest BCUT2D eigenvalue weighted by Gasteiger charge is -2.15. The Bertz CT molecular complexity index is 994. The minimum atomic E-state index is -0.121. The van der Waals surface area contributed by atoms with Gasteiger partial charge < -0.3 is 4.74 Å². The molecule has 128 valence electrons. The highest BCUT2D eigenvalue weighted by atomic mass is 35.5. The van der Waals surface area contributed by atoms with Gasteiger partial charge in [-0.05, 0) is 31.2 Å². The number of rotatable bonds is 5. The van der Waals surface area contributed by atoms with Crippen molar-refractivity contribution < 1.29 is 4.74 Å². The zero-order valence-corrected chi connectivity index (χ0v) is 15.5. The second-order valence-electron chi connectivity index (χ2n) is 5.33. The molecule has 0 bridgehead atoms. The molecule has 0 atom stereocenters. The van der Waals surface area contributed by atoms with Crippen LogP contribution < -0.4 is 10.3 Å². The summed E-state index contributed by atoms with van der Waals surface area (Å²) in [4.78, 5) is 17.8. The SMILES string of the molecule is COc1ccccc1-n1c(SC/C=C(/C)Cl)nc2ccccc2c1=O. The maximum atomic E-state index is 13.1. The Balaban J connectivity index is 2.25.